The standard InChI is InChI=1S/C36H47N5O5S/c1-24(2)21-31(40-35(44)33(42)29(37)23-26-7-5-4-6-8-26)34(43)39-16-18-46-20-19-45-17-15-38-28-12-10-27(11-13-28)36-41-30-14-9-25(3)22-32(30)47-36/h4-14,22,24,29,31,33,38,42H,15-21,23,37H2,1-3H3,(H,39,43)(H,40,44). The number of fused-ring (bicyclic) bond motifs is 1. The number of carbonyl (C=O) groups is 2. The largest absolute Gasteiger partial charge is 0.383 e. The Morgan fingerprint density at radius 1 is 0.915 bits per heavy atom. The lowest BCUT2D eigenvalue weighted by molar-refractivity contribution is -0.135. The van der Waals surface area contributed by atoms with Crippen molar-refractivity contribution < 1.29 is 24.2 Å². The van der Waals surface area contributed by atoms with Crippen molar-refractivity contribution in [3.05, 3.63) is 83.9 Å². The highest BCUT2D eigenvalue weighted by Crippen LogP contribution is 2.31. The van der Waals surface area contributed by atoms with Crippen LogP contribution in [0.4, 0.5) is 5.69 Å². The summed E-state index contributed by atoms with van der Waals surface area (Å²) >= 11 is 1.70. The number of amides is 2. The number of thiazole rings is 1. The number of rotatable bonds is 19. The second-order valence-corrected chi connectivity index (χ2v) is 13.0. The number of ether oxygens (including phenoxy) is 2. The van der Waals surface area contributed by atoms with Crippen LogP contribution in [0.1, 0.15) is 31.4 Å². The minimum atomic E-state index is -1.43. The van der Waals surface area contributed by atoms with Crippen molar-refractivity contribution in [2.75, 3.05) is 44.8 Å². The van der Waals surface area contributed by atoms with Crippen LogP contribution in [0.2, 0.25) is 0 Å². The number of aliphatic hydroxyl groups excluding tert-OH is 1. The maximum atomic E-state index is 12.8. The highest BCUT2D eigenvalue weighted by atomic mass is 32.1. The molecule has 0 aliphatic rings. The molecule has 0 radical (unpaired) electrons. The average Bonchev–Trinajstić information content (AvgIpc) is 3.48. The molecule has 0 spiro atoms. The number of aliphatic hydroxyl groups is 1. The summed E-state index contributed by atoms with van der Waals surface area (Å²) in [5, 5.41) is 20.3. The van der Waals surface area contributed by atoms with E-state index in [0.717, 1.165) is 27.3 Å². The minimum Gasteiger partial charge on any atom is -0.383 e. The molecule has 3 aromatic carbocycles. The zero-order valence-electron chi connectivity index (χ0n) is 27.4. The topological polar surface area (TPSA) is 148 Å². The van der Waals surface area contributed by atoms with Crippen molar-refractivity contribution in [2.45, 2.75) is 51.8 Å². The Labute approximate surface area is 281 Å². The summed E-state index contributed by atoms with van der Waals surface area (Å²) < 4.78 is 12.4. The number of anilines is 1. The normalized spacial score (nSPS) is 13.3. The van der Waals surface area contributed by atoms with Crippen LogP contribution in [0.3, 0.4) is 0 Å². The minimum absolute atomic E-state index is 0.150. The number of aryl methyl sites for hydroxylation is 1. The third-order valence-corrected chi connectivity index (χ3v) is 8.56. The molecular formula is C36H47N5O5S. The molecule has 0 fully saturated rings. The van der Waals surface area contributed by atoms with E-state index in [0.29, 0.717) is 45.8 Å². The summed E-state index contributed by atoms with van der Waals surface area (Å²) in [5.41, 5.74) is 11.4. The number of nitrogens with two attached hydrogens (primary N) is 1. The van der Waals surface area contributed by atoms with Gasteiger partial charge in [0.2, 0.25) is 5.91 Å². The van der Waals surface area contributed by atoms with Gasteiger partial charge in [-0.2, -0.15) is 0 Å². The molecule has 4 aromatic rings. The fraction of sp³-hybridized carbons (Fsp3) is 0.417. The Morgan fingerprint density at radius 3 is 2.32 bits per heavy atom. The molecule has 1 aromatic heterocycles. The average molecular weight is 662 g/mol. The third kappa shape index (κ3) is 11.7. The fourth-order valence-electron chi connectivity index (χ4n) is 5.00. The van der Waals surface area contributed by atoms with Crippen LogP contribution in [0, 0.1) is 12.8 Å². The predicted octanol–water partition coefficient (Wildman–Crippen LogP) is 4.29. The van der Waals surface area contributed by atoms with Gasteiger partial charge in [-0.3, -0.25) is 9.59 Å². The van der Waals surface area contributed by atoms with Crippen molar-refractivity contribution in [1.29, 1.82) is 0 Å². The molecule has 11 heteroatoms. The first-order valence-corrected chi connectivity index (χ1v) is 16.9. The van der Waals surface area contributed by atoms with E-state index in [2.05, 4.69) is 53.2 Å². The Morgan fingerprint density at radius 2 is 1.62 bits per heavy atom. The van der Waals surface area contributed by atoms with Crippen LogP contribution in [0.15, 0.2) is 72.8 Å². The molecule has 47 heavy (non-hydrogen) atoms. The lowest BCUT2D eigenvalue weighted by Gasteiger charge is -2.24. The molecule has 0 saturated carbocycles. The molecule has 0 aliphatic heterocycles. The van der Waals surface area contributed by atoms with Gasteiger partial charge >= 0.3 is 0 Å². The van der Waals surface area contributed by atoms with E-state index >= 15 is 0 Å². The second-order valence-electron chi connectivity index (χ2n) is 12.0. The molecule has 3 unspecified atom stereocenters. The van der Waals surface area contributed by atoms with Gasteiger partial charge in [0.25, 0.3) is 5.91 Å². The van der Waals surface area contributed by atoms with Crippen LogP contribution < -0.4 is 21.7 Å². The zero-order chi connectivity index (χ0) is 33.6. The number of hydrogen-bond acceptors (Lipinski definition) is 9. The second kappa shape index (κ2) is 18.5. The van der Waals surface area contributed by atoms with E-state index < -0.39 is 24.1 Å². The quantitative estimate of drug-likeness (QED) is 0.0936. The van der Waals surface area contributed by atoms with Gasteiger partial charge in [-0.15, -0.1) is 11.3 Å². The zero-order valence-corrected chi connectivity index (χ0v) is 28.2. The summed E-state index contributed by atoms with van der Waals surface area (Å²) in [6, 6.07) is 22.4. The SMILES string of the molecule is Cc1ccc2nc(-c3ccc(NCCOCCOCCNC(=O)C(CC(C)C)NC(=O)C(O)C(N)Cc4ccccc4)cc3)sc2c1. The monoisotopic (exact) mass is 661 g/mol. The van der Waals surface area contributed by atoms with Crippen molar-refractivity contribution in [3.8, 4) is 10.6 Å². The molecule has 0 bridgehead atoms. The highest BCUT2D eigenvalue weighted by Gasteiger charge is 2.28. The van der Waals surface area contributed by atoms with E-state index in [4.69, 9.17) is 20.2 Å². The number of aromatic nitrogens is 1. The van der Waals surface area contributed by atoms with Crippen molar-refractivity contribution in [2.24, 2.45) is 11.7 Å². The summed E-state index contributed by atoms with van der Waals surface area (Å²) in [5.74, 6) is -0.837. The number of nitrogens with zero attached hydrogens (tertiary/aromatic N) is 1. The predicted molar refractivity (Wildman–Crippen MR) is 188 cm³/mol. The summed E-state index contributed by atoms with van der Waals surface area (Å²) in [4.78, 5) is 30.3. The van der Waals surface area contributed by atoms with Crippen LogP contribution in [0.25, 0.3) is 20.8 Å². The van der Waals surface area contributed by atoms with E-state index in [-0.39, 0.29) is 18.4 Å². The first-order chi connectivity index (χ1) is 22.7. The molecule has 2 amide bonds. The maximum absolute atomic E-state index is 12.8. The highest BCUT2D eigenvalue weighted by molar-refractivity contribution is 7.21. The van der Waals surface area contributed by atoms with Crippen molar-refractivity contribution in [1.82, 2.24) is 15.6 Å². The van der Waals surface area contributed by atoms with Crippen LogP contribution in [-0.2, 0) is 25.5 Å². The number of benzene rings is 3. The van der Waals surface area contributed by atoms with Gasteiger partial charge < -0.3 is 36.3 Å². The first kappa shape index (κ1) is 36.0. The number of carbonyl (C=O) groups excluding carboxylic acids is 2. The van der Waals surface area contributed by atoms with Gasteiger partial charge in [-0.1, -0.05) is 50.2 Å². The van der Waals surface area contributed by atoms with E-state index in [9.17, 15) is 14.7 Å². The summed E-state index contributed by atoms with van der Waals surface area (Å²) in [7, 11) is 0. The maximum Gasteiger partial charge on any atom is 0.251 e. The number of nitrogens with one attached hydrogen (secondary N) is 3. The Bertz CT molecular complexity index is 1550. The summed E-state index contributed by atoms with van der Waals surface area (Å²) in [6.07, 6.45) is -0.668. The molecule has 10 nitrogen and oxygen atoms in total. The lowest BCUT2D eigenvalue weighted by Crippen LogP contribution is -2.54. The van der Waals surface area contributed by atoms with Gasteiger partial charge in [0.1, 0.15) is 17.2 Å². The van der Waals surface area contributed by atoms with Gasteiger partial charge in [-0.05, 0) is 73.2 Å². The first-order valence-electron chi connectivity index (χ1n) is 16.1. The Kier molecular flexibility index (Phi) is 14.1. The van der Waals surface area contributed by atoms with Gasteiger partial charge in [-0.25, -0.2) is 4.98 Å². The Balaban J connectivity index is 1.07. The van der Waals surface area contributed by atoms with Gasteiger partial charge in [0.05, 0.1) is 36.6 Å². The Hall–Kier alpha value is -3.87. The van der Waals surface area contributed by atoms with Crippen LogP contribution in [-0.4, -0.2) is 79.6 Å². The molecule has 6 N–H and O–H groups in total. The van der Waals surface area contributed by atoms with Crippen molar-refractivity contribution in [3.63, 3.8) is 0 Å². The molecule has 3 atom stereocenters. The van der Waals surface area contributed by atoms with Crippen LogP contribution >= 0.6 is 11.3 Å². The lowest BCUT2D eigenvalue weighted by atomic mass is 10.00. The van der Waals surface area contributed by atoms with E-state index in [1.165, 1.54) is 10.3 Å². The molecule has 252 valence electrons. The molecule has 1 heterocycles. The number of hydrogen-bond donors (Lipinski definition) is 5. The molecular weight excluding hydrogens is 614 g/mol. The van der Waals surface area contributed by atoms with Gasteiger partial charge in [0, 0.05) is 30.4 Å². The molecule has 4 rings (SSSR count). The molecule has 0 saturated heterocycles. The summed E-state index contributed by atoms with van der Waals surface area (Å²) in [6.45, 7) is 8.61. The molecule has 0 aliphatic carbocycles. The van der Waals surface area contributed by atoms with E-state index in [1.807, 2.05) is 56.3 Å². The fourth-order valence-corrected chi connectivity index (χ4v) is 6.07. The third-order valence-electron chi connectivity index (χ3n) is 7.50. The van der Waals surface area contributed by atoms with E-state index in [1.54, 1.807) is 11.3 Å². The van der Waals surface area contributed by atoms with Crippen LogP contribution in [0.5, 0.6) is 0 Å². The van der Waals surface area contributed by atoms with Crippen molar-refractivity contribution >= 4 is 39.1 Å². The van der Waals surface area contributed by atoms with Gasteiger partial charge in [0.15, 0.2) is 0 Å². The smallest absolute Gasteiger partial charge is 0.251 e.